The van der Waals surface area contributed by atoms with Crippen LogP contribution in [0.1, 0.15) is 12.8 Å². The average molecular weight is 559 g/mol. The summed E-state index contributed by atoms with van der Waals surface area (Å²) in [5.41, 5.74) is 3.87. The van der Waals surface area contributed by atoms with Gasteiger partial charge in [0, 0.05) is 47.5 Å². The van der Waals surface area contributed by atoms with Crippen LogP contribution in [0.3, 0.4) is 0 Å². The van der Waals surface area contributed by atoms with Crippen LogP contribution < -0.4 is 19.8 Å². The Morgan fingerprint density at radius 1 is 0.634 bits per heavy atom. The molecule has 0 saturated carbocycles. The summed E-state index contributed by atoms with van der Waals surface area (Å²) in [5, 5.41) is 24.5. The zero-order valence-electron chi connectivity index (χ0n) is 25.2. The number of benzene rings is 2. The highest BCUT2D eigenvalue weighted by molar-refractivity contribution is 5.51. The number of nitrogens with one attached hydrogen (secondary N) is 2. The summed E-state index contributed by atoms with van der Waals surface area (Å²) in [6.07, 6.45) is 10.0. The second kappa shape index (κ2) is 13.8. The molecule has 0 amide bonds. The van der Waals surface area contributed by atoms with E-state index in [4.69, 9.17) is 0 Å². The Kier molecular flexibility index (Phi) is 9.96. The molecule has 41 heavy (non-hydrogen) atoms. The molecule has 0 fully saturated rings. The quantitative estimate of drug-likeness (QED) is 0.0961. The molecule has 4 rings (SSSR count). The molecule has 11 heteroatoms. The van der Waals surface area contributed by atoms with E-state index in [2.05, 4.69) is 69.5 Å². The summed E-state index contributed by atoms with van der Waals surface area (Å²) in [4.78, 5) is 0. The van der Waals surface area contributed by atoms with Gasteiger partial charge in [-0.1, -0.05) is 10.2 Å². The van der Waals surface area contributed by atoms with Crippen molar-refractivity contribution in [1.82, 2.24) is 9.13 Å². The van der Waals surface area contributed by atoms with E-state index in [-0.39, 0.29) is 0 Å². The lowest BCUT2D eigenvalue weighted by atomic mass is 10.2. The van der Waals surface area contributed by atoms with Gasteiger partial charge in [-0.2, -0.15) is 0 Å². The van der Waals surface area contributed by atoms with E-state index in [1.807, 2.05) is 95.5 Å². The number of aromatic nitrogens is 4. The molecule has 216 valence electrons. The Morgan fingerprint density at radius 2 is 1.02 bits per heavy atom. The SMILES string of the molecule is Cn1cc[n+](C)c1N=Nc1ccc(NCCC[N+](C)(C)CCCNc2ccc(N=Nc3n(C)cc[n+]3C)cc2)cc1. The van der Waals surface area contributed by atoms with E-state index in [1.54, 1.807) is 0 Å². The second-order valence-corrected chi connectivity index (χ2v) is 11.1. The molecule has 0 saturated heterocycles. The lowest BCUT2D eigenvalue weighted by Gasteiger charge is -2.30. The zero-order valence-corrected chi connectivity index (χ0v) is 25.2. The van der Waals surface area contributed by atoms with Crippen LogP contribution in [-0.2, 0) is 28.2 Å². The first-order valence-electron chi connectivity index (χ1n) is 14.1. The first kappa shape index (κ1) is 29.6. The number of nitrogens with zero attached hydrogens (tertiary/aromatic N) is 9. The van der Waals surface area contributed by atoms with Crippen LogP contribution in [0.4, 0.5) is 34.6 Å². The molecule has 0 radical (unpaired) electrons. The predicted octanol–water partition coefficient (Wildman–Crippen LogP) is 5.22. The number of aryl methyl sites for hydroxylation is 4. The van der Waals surface area contributed by atoms with Gasteiger partial charge in [-0.25, -0.2) is 18.3 Å². The molecule has 0 bridgehead atoms. The van der Waals surface area contributed by atoms with Crippen molar-refractivity contribution in [3.8, 4) is 0 Å². The average Bonchev–Trinajstić information content (AvgIpc) is 3.46. The van der Waals surface area contributed by atoms with Crippen LogP contribution in [0.15, 0.2) is 93.8 Å². The number of hydrogen-bond donors (Lipinski definition) is 2. The molecule has 2 aromatic carbocycles. The molecule has 0 unspecified atom stereocenters. The van der Waals surface area contributed by atoms with Crippen molar-refractivity contribution in [2.75, 3.05) is 50.9 Å². The number of anilines is 2. The maximum absolute atomic E-state index is 4.36. The van der Waals surface area contributed by atoms with Gasteiger partial charge in [0.25, 0.3) is 0 Å². The van der Waals surface area contributed by atoms with E-state index in [0.717, 1.165) is 78.1 Å². The number of hydrogen-bond acceptors (Lipinski definition) is 6. The van der Waals surface area contributed by atoms with E-state index in [0.29, 0.717) is 0 Å². The van der Waals surface area contributed by atoms with E-state index in [9.17, 15) is 0 Å². The van der Waals surface area contributed by atoms with Crippen molar-refractivity contribution in [3.05, 3.63) is 73.3 Å². The Morgan fingerprint density at radius 3 is 1.37 bits per heavy atom. The van der Waals surface area contributed by atoms with Crippen molar-refractivity contribution in [2.45, 2.75) is 12.8 Å². The van der Waals surface area contributed by atoms with Crippen molar-refractivity contribution >= 4 is 34.6 Å². The third-order valence-corrected chi connectivity index (χ3v) is 7.07. The molecule has 0 aliphatic carbocycles. The van der Waals surface area contributed by atoms with Crippen molar-refractivity contribution in [1.29, 1.82) is 0 Å². The van der Waals surface area contributed by atoms with Gasteiger partial charge >= 0.3 is 11.9 Å². The van der Waals surface area contributed by atoms with Crippen LogP contribution in [-0.4, -0.2) is 53.9 Å². The maximum Gasteiger partial charge on any atom is 0.421 e. The fraction of sp³-hybridized carbons (Fsp3) is 0.400. The third-order valence-electron chi connectivity index (χ3n) is 7.07. The van der Waals surface area contributed by atoms with Crippen LogP contribution in [0.2, 0.25) is 0 Å². The molecule has 4 aromatic rings. The van der Waals surface area contributed by atoms with Crippen LogP contribution in [0, 0.1) is 0 Å². The summed E-state index contributed by atoms with van der Waals surface area (Å²) in [6.45, 7) is 4.11. The molecule has 0 atom stereocenters. The largest absolute Gasteiger partial charge is 0.421 e. The molecule has 2 aromatic heterocycles. The Labute approximate surface area is 243 Å². The second-order valence-electron chi connectivity index (χ2n) is 11.1. The van der Waals surface area contributed by atoms with Gasteiger partial charge in [0.05, 0.1) is 80.2 Å². The monoisotopic (exact) mass is 558 g/mol. The van der Waals surface area contributed by atoms with Gasteiger partial charge in [0.15, 0.2) is 0 Å². The lowest BCUT2D eigenvalue weighted by molar-refractivity contribution is -0.890. The molecule has 0 aliphatic heterocycles. The Bertz CT molecular complexity index is 1300. The maximum atomic E-state index is 4.36. The van der Waals surface area contributed by atoms with Crippen molar-refractivity contribution in [3.63, 3.8) is 0 Å². The molecule has 2 N–H and O–H groups in total. The fourth-order valence-corrected chi connectivity index (χ4v) is 4.53. The third kappa shape index (κ3) is 8.81. The van der Waals surface area contributed by atoms with Crippen molar-refractivity contribution in [2.24, 2.45) is 48.6 Å². The lowest BCUT2D eigenvalue weighted by Crippen LogP contribution is -2.42. The highest BCUT2D eigenvalue weighted by atomic mass is 15.3. The molecule has 0 aliphatic rings. The smallest absolute Gasteiger partial charge is 0.385 e. The molecule has 2 heterocycles. The normalized spacial score (nSPS) is 12.0. The number of rotatable bonds is 14. The minimum atomic E-state index is 0.801. The number of imidazole rings is 2. The fourth-order valence-electron chi connectivity index (χ4n) is 4.53. The van der Waals surface area contributed by atoms with Crippen LogP contribution in [0.5, 0.6) is 0 Å². The summed E-state index contributed by atoms with van der Waals surface area (Å²) in [6, 6.07) is 16.2. The van der Waals surface area contributed by atoms with Crippen molar-refractivity contribution < 1.29 is 13.6 Å². The Hall–Kier alpha value is -4.38. The zero-order chi connectivity index (χ0) is 29.2. The summed E-state index contributed by atoms with van der Waals surface area (Å²) in [5.74, 6) is 1.60. The predicted molar refractivity (Wildman–Crippen MR) is 162 cm³/mol. The van der Waals surface area contributed by atoms with E-state index in [1.165, 1.54) is 0 Å². The van der Waals surface area contributed by atoms with Crippen LogP contribution in [0.25, 0.3) is 0 Å². The van der Waals surface area contributed by atoms with Gasteiger partial charge in [-0.05, 0) is 48.5 Å². The standard InChI is InChI=1S/C30H42N11/c1-37-19-20-38(2)29(37)35-33-27-13-9-25(10-14-27)31-17-7-23-41(5,6)24-8-18-32-26-11-15-28(16-12-26)34-36-30-39(3)21-22-40(30)4/h9-16,19-22H,7-8,17-18,23-24H2,1-6H3/q+1/p+2. The van der Waals surface area contributed by atoms with Gasteiger partial charge in [0.2, 0.25) is 0 Å². The van der Waals surface area contributed by atoms with Gasteiger partial charge < -0.3 is 15.1 Å². The molecular weight excluding hydrogens is 514 g/mol. The number of azo groups is 2. The highest BCUT2D eigenvalue weighted by Crippen LogP contribution is 2.20. The highest BCUT2D eigenvalue weighted by Gasteiger charge is 2.14. The molecule has 11 nitrogen and oxygen atoms in total. The molecule has 0 spiro atoms. The first-order valence-corrected chi connectivity index (χ1v) is 14.1. The minimum absolute atomic E-state index is 0.801. The van der Waals surface area contributed by atoms with E-state index >= 15 is 0 Å². The Balaban J connectivity index is 1.11. The summed E-state index contributed by atoms with van der Waals surface area (Å²) in [7, 11) is 12.4. The van der Waals surface area contributed by atoms with Gasteiger partial charge in [-0.3, -0.25) is 0 Å². The van der Waals surface area contributed by atoms with E-state index < -0.39 is 0 Å². The number of quaternary nitrogens is 1. The summed E-state index contributed by atoms with van der Waals surface area (Å²) >= 11 is 0. The van der Waals surface area contributed by atoms with Gasteiger partial charge in [-0.15, -0.1) is 0 Å². The van der Waals surface area contributed by atoms with Crippen LogP contribution >= 0.6 is 0 Å². The molecular formula is C30H44N11+3. The summed E-state index contributed by atoms with van der Waals surface area (Å²) < 4.78 is 8.76. The topological polar surface area (TPSA) is 91.1 Å². The minimum Gasteiger partial charge on any atom is -0.385 e. The van der Waals surface area contributed by atoms with Gasteiger partial charge in [0.1, 0.15) is 11.4 Å². The first-order chi connectivity index (χ1) is 19.7.